The van der Waals surface area contributed by atoms with Crippen LogP contribution in [0, 0.1) is 6.92 Å². The highest BCUT2D eigenvalue weighted by atomic mass is 16.5. The van der Waals surface area contributed by atoms with E-state index in [0.717, 1.165) is 41.6 Å². The minimum Gasteiger partial charge on any atom is -0.491 e. The third kappa shape index (κ3) is 4.45. The average molecular weight is 285 g/mol. The molecule has 0 radical (unpaired) electrons. The van der Waals surface area contributed by atoms with Crippen LogP contribution in [-0.4, -0.2) is 22.6 Å². The summed E-state index contributed by atoms with van der Waals surface area (Å²) in [7, 11) is 0. The van der Waals surface area contributed by atoms with Gasteiger partial charge in [-0.25, -0.2) is 9.97 Å². The van der Waals surface area contributed by atoms with Crippen LogP contribution in [0.2, 0.25) is 0 Å². The molecule has 1 heterocycles. The first kappa shape index (κ1) is 15.3. The van der Waals surface area contributed by atoms with Gasteiger partial charge in [-0.1, -0.05) is 6.92 Å². The van der Waals surface area contributed by atoms with Gasteiger partial charge < -0.3 is 10.1 Å². The summed E-state index contributed by atoms with van der Waals surface area (Å²) in [5.41, 5.74) is 1.99. The van der Waals surface area contributed by atoms with Crippen molar-refractivity contribution in [2.45, 2.75) is 40.2 Å². The molecule has 1 aromatic heterocycles. The Morgan fingerprint density at radius 2 is 1.86 bits per heavy atom. The normalized spacial score (nSPS) is 10.7. The summed E-state index contributed by atoms with van der Waals surface area (Å²) < 4.78 is 5.66. The Morgan fingerprint density at radius 1 is 1.14 bits per heavy atom. The van der Waals surface area contributed by atoms with Crippen molar-refractivity contribution in [3.05, 3.63) is 36.2 Å². The number of rotatable bonds is 6. The topological polar surface area (TPSA) is 47.0 Å². The Balaban J connectivity index is 2.22. The van der Waals surface area contributed by atoms with Gasteiger partial charge in [-0.2, -0.15) is 0 Å². The van der Waals surface area contributed by atoms with Crippen LogP contribution in [-0.2, 0) is 0 Å². The summed E-state index contributed by atoms with van der Waals surface area (Å²) in [4.78, 5) is 8.92. The molecule has 1 N–H and O–H groups in total. The van der Waals surface area contributed by atoms with E-state index in [1.807, 2.05) is 51.1 Å². The number of anilines is 1. The lowest BCUT2D eigenvalue weighted by atomic mass is 10.1. The molecule has 1 aromatic carbocycles. The second-order valence-corrected chi connectivity index (χ2v) is 5.30. The maximum atomic E-state index is 5.66. The largest absolute Gasteiger partial charge is 0.491 e. The highest BCUT2D eigenvalue weighted by molar-refractivity contribution is 5.63. The van der Waals surface area contributed by atoms with Crippen LogP contribution in [0.25, 0.3) is 11.3 Å². The summed E-state index contributed by atoms with van der Waals surface area (Å²) in [5, 5.41) is 3.31. The highest BCUT2D eigenvalue weighted by Crippen LogP contribution is 2.23. The van der Waals surface area contributed by atoms with Gasteiger partial charge in [0.25, 0.3) is 0 Å². The van der Waals surface area contributed by atoms with E-state index in [2.05, 4.69) is 22.2 Å². The summed E-state index contributed by atoms with van der Waals surface area (Å²) in [6.45, 7) is 9.00. The monoisotopic (exact) mass is 285 g/mol. The van der Waals surface area contributed by atoms with Gasteiger partial charge in [0.15, 0.2) is 0 Å². The van der Waals surface area contributed by atoms with Crippen LogP contribution in [0.1, 0.15) is 33.0 Å². The molecule has 0 unspecified atom stereocenters. The quantitative estimate of drug-likeness (QED) is 0.869. The lowest BCUT2D eigenvalue weighted by Gasteiger charge is -2.11. The second-order valence-electron chi connectivity index (χ2n) is 5.30. The molecule has 0 fully saturated rings. The van der Waals surface area contributed by atoms with Crippen LogP contribution in [0.3, 0.4) is 0 Å². The molecule has 0 bridgehead atoms. The molecule has 0 aliphatic rings. The Morgan fingerprint density at radius 3 is 2.48 bits per heavy atom. The molecular formula is C17H23N3O. The molecule has 21 heavy (non-hydrogen) atoms. The third-order valence-corrected chi connectivity index (χ3v) is 2.92. The van der Waals surface area contributed by atoms with Gasteiger partial charge in [0.1, 0.15) is 17.4 Å². The maximum absolute atomic E-state index is 5.66. The average Bonchev–Trinajstić information content (AvgIpc) is 2.44. The standard InChI is InChI=1S/C17H23N3O/c1-5-10-18-17-11-16(19-13(4)20-17)14-6-8-15(9-7-14)21-12(2)3/h6-9,11-12H,5,10H2,1-4H3,(H,18,19,20). The predicted molar refractivity (Wildman–Crippen MR) is 86.7 cm³/mol. The number of nitrogens with one attached hydrogen (secondary N) is 1. The second kappa shape index (κ2) is 7.07. The van der Waals surface area contributed by atoms with E-state index in [1.165, 1.54) is 0 Å². The summed E-state index contributed by atoms with van der Waals surface area (Å²) in [6, 6.07) is 10.0. The van der Waals surface area contributed by atoms with E-state index in [1.54, 1.807) is 0 Å². The molecule has 0 amide bonds. The number of aromatic nitrogens is 2. The molecule has 0 atom stereocenters. The summed E-state index contributed by atoms with van der Waals surface area (Å²) in [5.74, 6) is 2.53. The van der Waals surface area contributed by atoms with E-state index in [9.17, 15) is 0 Å². The lowest BCUT2D eigenvalue weighted by Crippen LogP contribution is -2.05. The molecule has 112 valence electrons. The Kier molecular flexibility index (Phi) is 5.14. The first-order chi connectivity index (χ1) is 10.1. The molecule has 0 spiro atoms. The van der Waals surface area contributed by atoms with Crippen molar-refractivity contribution in [2.75, 3.05) is 11.9 Å². The molecule has 2 aromatic rings. The first-order valence-electron chi connectivity index (χ1n) is 7.45. The van der Waals surface area contributed by atoms with E-state index >= 15 is 0 Å². The molecule has 4 heteroatoms. The van der Waals surface area contributed by atoms with Crippen molar-refractivity contribution < 1.29 is 4.74 Å². The number of ether oxygens (including phenoxy) is 1. The Bertz CT molecular complexity index is 579. The molecule has 0 saturated heterocycles. The molecule has 4 nitrogen and oxygen atoms in total. The molecular weight excluding hydrogens is 262 g/mol. The van der Waals surface area contributed by atoms with Gasteiger partial charge in [0, 0.05) is 18.2 Å². The van der Waals surface area contributed by atoms with Crippen LogP contribution >= 0.6 is 0 Å². The van der Waals surface area contributed by atoms with E-state index < -0.39 is 0 Å². The van der Waals surface area contributed by atoms with Crippen molar-refractivity contribution in [2.24, 2.45) is 0 Å². The fourth-order valence-corrected chi connectivity index (χ4v) is 2.04. The minimum absolute atomic E-state index is 0.182. The number of benzene rings is 1. The molecule has 0 aliphatic carbocycles. The van der Waals surface area contributed by atoms with Crippen LogP contribution in [0.4, 0.5) is 5.82 Å². The van der Waals surface area contributed by atoms with E-state index in [-0.39, 0.29) is 6.10 Å². The number of nitrogens with zero attached hydrogens (tertiary/aromatic N) is 2. The fraction of sp³-hybridized carbons (Fsp3) is 0.412. The van der Waals surface area contributed by atoms with Crippen molar-refractivity contribution in [1.29, 1.82) is 0 Å². The Hall–Kier alpha value is -2.10. The number of aryl methyl sites for hydroxylation is 1. The zero-order valence-corrected chi connectivity index (χ0v) is 13.2. The van der Waals surface area contributed by atoms with Gasteiger partial charge in [0.05, 0.1) is 11.8 Å². The first-order valence-corrected chi connectivity index (χ1v) is 7.45. The maximum Gasteiger partial charge on any atom is 0.130 e. The summed E-state index contributed by atoms with van der Waals surface area (Å²) in [6.07, 6.45) is 1.25. The van der Waals surface area contributed by atoms with Crippen molar-refractivity contribution in [1.82, 2.24) is 9.97 Å². The minimum atomic E-state index is 0.182. The number of hydrogen-bond donors (Lipinski definition) is 1. The number of hydrogen-bond acceptors (Lipinski definition) is 4. The van der Waals surface area contributed by atoms with Gasteiger partial charge in [0.2, 0.25) is 0 Å². The van der Waals surface area contributed by atoms with E-state index in [4.69, 9.17) is 4.74 Å². The Labute approximate surface area is 126 Å². The fourth-order valence-electron chi connectivity index (χ4n) is 2.04. The van der Waals surface area contributed by atoms with Crippen LogP contribution in [0.15, 0.2) is 30.3 Å². The van der Waals surface area contributed by atoms with Crippen LogP contribution in [0.5, 0.6) is 5.75 Å². The smallest absolute Gasteiger partial charge is 0.130 e. The zero-order chi connectivity index (χ0) is 15.2. The third-order valence-electron chi connectivity index (χ3n) is 2.92. The lowest BCUT2D eigenvalue weighted by molar-refractivity contribution is 0.242. The molecule has 0 aliphatic heterocycles. The van der Waals surface area contributed by atoms with Gasteiger partial charge in [-0.05, 0) is 51.5 Å². The zero-order valence-electron chi connectivity index (χ0n) is 13.2. The SMILES string of the molecule is CCCNc1cc(-c2ccc(OC(C)C)cc2)nc(C)n1. The summed E-state index contributed by atoms with van der Waals surface area (Å²) >= 11 is 0. The predicted octanol–water partition coefficient (Wildman–Crippen LogP) is 4.06. The van der Waals surface area contributed by atoms with Gasteiger partial charge >= 0.3 is 0 Å². The van der Waals surface area contributed by atoms with Gasteiger partial charge in [-0.3, -0.25) is 0 Å². The van der Waals surface area contributed by atoms with Crippen molar-refractivity contribution >= 4 is 5.82 Å². The van der Waals surface area contributed by atoms with E-state index in [0.29, 0.717) is 0 Å². The van der Waals surface area contributed by atoms with Gasteiger partial charge in [-0.15, -0.1) is 0 Å². The highest BCUT2D eigenvalue weighted by Gasteiger charge is 2.05. The van der Waals surface area contributed by atoms with Crippen molar-refractivity contribution in [3.63, 3.8) is 0 Å². The molecule has 0 saturated carbocycles. The van der Waals surface area contributed by atoms with Crippen LogP contribution < -0.4 is 10.1 Å². The molecule has 2 rings (SSSR count). The van der Waals surface area contributed by atoms with Crippen molar-refractivity contribution in [3.8, 4) is 17.0 Å².